The summed E-state index contributed by atoms with van der Waals surface area (Å²) in [7, 11) is -3.02. The molecule has 292 valence electrons. The minimum absolute atomic E-state index is 0.135. The number of carbonyl (C=O) groups excluding carboxylic acids is 2. The monoisotopic (exact) mass is 797 g/mol. The second kappa shape index (κ2) is 16.1. The summed E-state index contributed by atoms with van der Waals surface area (Å²) in [5.74, 6) is -4.31. The van der Waals surface area contributed by atoms with Gasteiger partial charge >= 0.3 is 11.7 Å². The lowest BCUT2D eigenvalue weighted by molar-refractivity contribution is -0.152. The zero-order valence-corrected chi connectivity index (χ0v) is 30.9. The van der Waals surface area contributed by atoms with Crippen molar-refractivity contribution >= 4 is 38.5 Å². The molecule has 0 saturated heterocycles. The van der Waals surface area contributed by atoms with E-state index in [0.717, 1.165) is 29.9 Å². The Morgan fingerprint density at radius 1 is 0.912 bits per heavy atom. The molecule has 0 aliphatic heterocycles. The number of benzene rings is 1. The quantitative estimate of drug-likeness (QED) is 0.180. The predicted molar refractivity (Wildman–Crippen MR) is 201 cm³/mol. The normalized spacial score (nSPS) is 13.9. The molecule has 1 amide bonds. The number of sulfonamides is 1. The Bertz CT molecular complexity index is 2710. The number of carbonyl (C=O) groups is 2. The third kappa shape index (κ3) is 8.27. The molecule has 0 spiro atoms. The fraction of sp³-hybridized carbons (Fsp3) is 0.237. The smallest absolute Gasteiger partial charge is 0.335 e. The average molecular weight is 798 g/mol. The van der Waals surface area contributed by atoms with Gasteiger partial charge in [0.2, 0.25) is 0 Å². The summed E-state index contributed by atoms with van der Waals surface area (Å²) in [5.41, 5.74) is -1.73. The zero-order chi connectivity index (χ0) is 40.3. The number of esters is 1. The number of amides is 1. The molecule has 6 aromatic rings. The molecule has 5 aromatic heterocycles. The summed E-state index contributed by atoms with van der Waals surface area (Å²) in [6.45, 7) is 0. The van der Waals surface area contributed by atoms with Gasteiger partial charge in [0.25, 0.3) is 21.5 Å². The highest BCUT2D eigenvalue weighted by atomic mass is 32.2. The van der Waals surface area contributed by atoms with Crippen LogP contribution >= 0.6 is 0 Å². The van der Waals surface area contributed by atoms with Crippen molar-refractivity contribution in [3.8, 4) is 17.1 Å². The summed E-state index contributed by atoms with van der Waals surface area (Å²) >= 11 is 0. The van der Waals surface area contributed by atoms with Crippen molar-refractivity contribution in [2.45, 2.75) is 55.7 Å². The SMILES string of the molecule is Cn1c(=O)n(-c2ccc(C[C@H](NC(=O)c3cc(F)c(NS(=O)(=O)c4ccc(-c5ncccn5)cn4)cc3F)C(=O)OC3CCCCC3)nc2)c(=O)c2ccncc21. The van der Waals surface area contributed by atoms with Crippen LogP contribution in [0, 0.1) is 11.6 Å². The van der Waals surface area contributed by atoms with E-state index in [1.807, 2.05) is 4.72 Å². The standard InChI is InChI=1S/C38H33F2N9O7S/c1-48-32-21-41-15-12-26(32)36(51)49(38(48)53)24-10-9-23(44-20-24)16-31(37(52)56-25-6-3-2-4-7-25)46-35(50)27-17-29(40)30(18-28(27)39)47-57(54,55)33-11-8-22(19-45-33)34-42-13-5-14-43-34/h5,8-15,17-21,25,31,47H,2-4,6-7,16H2,1H3,(H,46,50)/t31-/m0/s1. The van der Waals surface area contributed by atoms with Crippen LogP contribution in [0.1, 0.15) is 48.2 Å². The highest BCUT2D eigenvalue weighted by Gasteiger charge is 2.29. The summed E-state index contributed by atoms with van der Waals surface area (Å²) in [6, 6.07) is 8.09. The lowest BCUT2D eigenvalue weighted by Crippen LogP contribution is -2.45. The number of nitrogens with zero attached hydrogens (tertiary/aromatic N) is 7. The second-order valence-electron chi connectivity index (χ2n) is 13.2. The molecule has 57 heavy (non-hydrogen) atoms. The third-order valence-corrected chi connectivity index (χ3v) is 10.6. The Morgan fingerprint density at radius 2 is 1.68 bits per heavy atom. The molecule has 16 nitrogen and oxygen atoms in total. The Balaban J connectivity index is 1.11. The van der Waals surface area contributed by atoms with Crippen LogP contribution < -0.4 is 21.3 Å². The van der Waals surface area contributed by atoms with E-state index >= 15 is 8.78 Å². The average Bonchev–Trinajstić information content (AvgIpc) is 3.22. The Hall–Kier alpha value is -6.76. The van der Waals surface area contributed by atoms with E-state index in [0.29, 0.717) is 41.9 Å². The number of hydrogen-bond acceptors (Lipinski definition) is 12. The van der Waals surface area contributed by atoms with Gasteiger partial charge in [-0.05, 0) is 68.1 Å². The van der Waals surface area contributed by atoms with Crippen LogP contribution in [0.4, 0.5) is 14.5 Å². The molecule has 0 radical (unpaired) electrons. The van der Waals surface area contributed by atoms with Crippen molar-refractivity contribution in [3.63, 3.8) is 0 Å². The zero-order valence-electron chi connectivity index (χ0n) is 30.1. The van der Waals surface area contributed by atoms with Gasteiger partial charge in [-0.2, -0.15) is 8.42 Å². The molecular weight excluding hydrogens is 765 g/mol. The van der Waals surface area contributed by atoms with E-state index in [4.69, 9.17) is 4.74 Å². The summed E-state index contributed by atoms with van der Waals surface area (Å²) in [5, 5.41) is 2.15. The van der Waals surface area contributed by atoms with Gasteiger partial charge in [-0.15, -0.1) is 0 Å². The molecule has 5 heterocycles. The minimum atomic E-state index is -4.52. The number of nitrogens with one attached hydrogen (secondary N) is 2. The molecule has 0 bridgehead atoms. The Morgan fingerprint density at radius 3 is 2.39 bits per heavy atom. The number of ether oxygens (including phenoxy) is 1. The van der Waals surface area contributed by atoms with Gasteiger partial charge in [0.15, 0.2) is 10.9 Å². The maximum atomic E-state index is 15.5. The van der Waals surface area contributed by atoms with Gasteiger partial charge in [-0.25, -0.2) is 37.9 Å². The first kappa shape index (κ1) is 38.5. The van der Waals surface area contributed by atoms with Gasteiger partial charge in [0, 0.05) is 55.6 Å². The minimum Gasteiger partial charge on any atom is -0.461 e. The van der Waals surface area contributed by atoms with Crippen LogP contribution in [0.25, 0.3) is 28.0 Å². The Kier molecular flexibility index (Phi) is 10.9. The van der Waals surface area contributed by atoms with E-state index in [2.05, 4.69) is 30.2 Å². The van der Waals surface area contributed by atoms with Crippen LogP contribution in [0.3, 0.4) is 0 Å². The number of hydrogen-bond donors (Lipinski definition) is 2. The van der Waals surface area contributed by atoms with Crippen LogP contribution in [0.15, 0.2) is 100 Å². The van der Waals surface area contributed by atoms with Crippen LogP contribution in [-0.4, -0.2) is 66.5 Å². The lowest BCUT2D eigenvalue weighted by atomic mass is 9.97. The van der Waals surface area contributed by atoms with Gasteiger partial charge in [-0.3, -0.25) is 28.8 Å². The van der Waals surface area contributed by atoms with Crippen molar-refractivity contribution in [1.29, 1.82) is 0 Å². The van der Waals surface area contributed by atoms with Crippen molar-refractivity contribution in [3.05, 3.63) is 129 Å². The summed E-state index contributed by atoms with van der Waals surface area (Å²) in [4.78, 5) is 73.7. The van der Waals surface area contributed by atoms with E-state index in [9.17, 15) is 27.6 Å². The highest BCUT2D eigenvalue weighted by Crippen LogP contribution is 2.25. The van der Waals surface area contributed by atoms with Crippen molar-refractivity contribution in [1.82, 2.24) is 39.4 Å². The number of rotatable bonds is 11. The molecule has 1 atom stereocenters. The van der Waals surface area contributed by atoms with Crippen LogP contribution in [0.5, 0.6) is 0 Å². The van der Waals surface area contributed by atoms with E-state index in [-0.39, 0.29) is 23.2 Å². The highest BCUT2D eigenvalue weighted by molar-refractivity contribution is 7.92. The van der Waals surface area contributed by atoms with E-state index < -0.39 is 73.2 Å². The largest absolute Gasteiger partial charge is 0.461 e. The fourth-order valence-corrected chi connectivity index (χ4v) is 7.36. The molecule has 7 rings (SSSR count). The number of anilines is 1. The first-order valence-corrected chi connectivity index (χ1v) is 19.2. The third-order valence-electron chi connectivity index (χ3n) is 9.36. The molecule has 1 saturated carbocycles. The predicted octanol–water partition coefficient (Wildman–Crippen LogP) is 3.63. The number of halogens is 2. The van der Waals surface area contributed by atoms with Crippen molar-refractivity contribution < 1.29 is 31.5 Å². The molecule has 19 heteroatoms. The maximum Gasteiger partial charge on any atom is 0.335 e. The van der Waals surface area contributed by atoms with Gasteiger partial charge in [0.1, 0.15) is 23.8 Å². The number of aromatic nitrogens is 7. The van der Waals surface area contributed by atoms with Gasteiger partial charge in [-0.1, -0.05) is 6.42 Å². The van der Waals surface area contributed by atoms with Crippen molar-refractivity contribution in [2.24, 2.45) is 7.05 Å². The molecule has 1 aromatic carbocycles. The van der Waals surface area contributed by atoms with Gasteiger partial charge in [0.05, 0.1) is 40.2 Å². The molecule has 1 aliphatic carbocycles. The number of fused-ring (bicyclic) bond motifs is 1. The Labute approximate surface area is 322 Å². The molecule has 2 N–H and O–H groups in total. The fourth-order valence-electron chi connectivity index (χ4n) is 6.38. The topological polar surface area (TPSA) is 210 Å². The maximum absolute atomic E-state index is 15.5. The summed E-state index contributed by atoms with van der Waals surface area (Å²) < 4.78 is 66.7. The number of aryl methyl sites for hydroxylation is 1. The molecule has 1 fully saturated rings. The van der Waals surface area contributed by atoms with Crippen LogP contribution in [0.2, 0.25) is 0 Å². The number of pyridine rings is 3. The lowest BCUT2D eigenvalue weighted by Gasteiger charge is -2.25. The van der Waals surface area contributed by atoms with Crippen LogP contribution in [-0.2, 0) is 33.0 Å². The second-order valence-corrected chi connectivity index (χ2v) is 14.8. The molecule has 1 aliphatic rings. The first-order chi connectivity index (χ1) is 27.4. The molecular formula is C38H33F2N9O7S. The first-order valence-electron chi connectivity index (χ1n) is 17.7. The molecule has 0 unspecified atom stereocenters. The van der Waals surface area contributed by atoms with E-state index in [1.165, 1.54) is 73.1 Å². The van der Waals surface area contributed by atoms with Gasteiger partial charge < -0.3 is 10.1 Å². The summed E-state index contributed by atoms with van der Waals surface area (Å²) in [6.07, 6.45) is 11.5. The van der Waals surface area contributed by atoms with E-state index in [1.54, 1.807) is 6.07 Å². The van der Waals surface area contributed by atoms with Crippen molar-refractivity contribution in [2.75, 3.05) is 4.72 Å².